The van der Waals surface area contributed by atoms with Crippen LogP contribution in [0.15, 0.2) is 53.7 Å². The van der Waals surface area contributed by atoms with E-state index >= 15 is 0 Å². The van der Waals surface area contributed by atoms with Gasteiger partial charge in [-0.05, 0) is 18.2 Å². The molecule has 25 heavy (non-hydrogen) atoms. The average Bonchev–Trinajstić information content (AvgIpc) is 3.10. The number of aromatic nitrogens is 3. The summed E-state index contributed by atoms with van der Waals surface area (Å²) in [4.78, 5) is 16.5. The average molecular weight is 375 g/mol. The van der Waals surface area contributed by atoms with Crippen LogP contribution in [0.2, 0.25) is 5.02 Å². The maximum absolute atomic E-state index is 12.1. The first kappa shape index (κ1) is 17.3. The number of hydrogen-bond acceptors (Lipinski definition) is 5. The number of methoxy groups -OCH3 is 1. The fraction of sp³-hybridized carbons (Fsp3) is 0.118. The van der Waals surface area contributed by atoms with Crippen molar-refractivity contribution in [1.29, 1.82) is 0 Å². The number of rotatable bonds is 6. The number of ether oxygens (including phenoxy) is 1. The van der Waals surface area contributed by atoms with Crippen LogP contribution in [0, 0.1) is 0 Å². The summed E-state index contributed by atoms with van der Waals surface area (Å²) in [6.07, 6.45) is 0. The number of anilines is 1. The summed E-state index contributed by atoms with van der Waals surface area (Å²) < 4.78 is 5.21. The monoisotopic (exact) mass is 374 g/mol. The van der Waals surface area contributed by atoms with Crippen LogP contribution >= 0.6 is 23.4 Å². The molecule has 128 valence electrons. The summed E-state index contributed by atoms with van der Waals surface area (Å²) >= 11 is 7.20. The lowest BCUT2D eigenvalue weighted by Gasteiger charge is -2.09. The van der Waals surface area contributed by atoms with Crippen LogP contribution in [0.5, 0.6) is 5.75 Å². The van der Waals surface area contributed by atoms with E-state index in [1.807, 2.05) is 30.3 Å². The Hall–Kier alpha value is -2.51. The molecule has 0 saturated heterocycles. The van der Waals surface area contributed by atoms with Gasteiger partial charge >= 0.3 is 0 Å². The third kappa shape index (κ3) is 4.52. The lowest BCUT2D eigenvalue weighted by Crippen LogP contribution is -2.14. The van der Waals surface area contributed by atoms with Crippen molar-refractivity contribution in [2.45, 2.75) is 5.16 Å². The Bertz CT molecular complexity index is 870. The Labute approximate surface area is 154 Å². The first-order valence-electron chi connectivity index (χ1n) is 7.39. The van der Waals surface area contributed by atoms with Crippen LogP contribution in [0.25, 0.3) is 11.4 Å². The maximum atomic E-state index is 12.1. The Kier molecular flexibility index (Phi) is 5.57. The molecule has 0 aliphatic rings. The Morgan fingerprint density at radius 1 is 1.28 bits per heavy atom. The molecular formula is C17H15ClN4O2S. The van der Waals surface area contributed by atoms with Gasteiger partial charge in [0.25, 0.3) is 0 Å². The second-order valence-electron chi connectivity index (χ2n) is 5.01. The lowest BCUT2D eigenvalue weighted by molar-refractivity contribution is -0.113. The van der Waals surface area contributed by atoms with Crippen molar-refractivity contribution < 1.29 is 9.53 Å². The predicted molar refractivity (Wildman–Crippen MR) is 99.2 cm³/mol. The van der Waals surface area contributed by atoms with Gasteiger partial charge < -0.3 is 10.1 Å². The van der Waals surface area contributed by atoms with Crippen molar-refractivity contribution in [3.05, 3.63) is 53.6 Å². The molecule has 3 rings (SSSR count). The number of carbonyl (C=O) groups is 1. The molecule has 1 amide bonds. The number of thioether (sulfide) groups is 1. The Balaban J connectivity index is 1.60. The summed E-state index contributed by atoms with van der Waals surface area (Å²) in [5.74, 6) is 1.19. The maximum Gasteiger partial charge on any atom is 0.234 e. The van der Waals surface area contributed by atoms with Crippen LogP contribution < -0.4 is 10.1 Å². The summed E-state index contributed by atoms with van der Waals surface area (Å²) in [5.41, 5.74) is 1.47. The lowest BCUT2D eigenvalue weighted by atomic mass is 10.2. The molecule has 0 bridgehead atoms. The number of nitrogens with one attached hydrogen (secondary N) is 2. The Morgan fingerprint density at radius 2 is 2.08 bits per heavy atom. The number of benzene rings is 2. The fourth-order valence-corrected chi connectivity index (χ4v) is 2.90. The highest BCUT2D eigenvalue weighted by atomic mass is 35.5. The first-order valence-corrected chi connectivity index (χ1v) is 8.76. The number of H-pyrrole nitrogens is 1. The van der Waals surface area contributed by atoms with Gasteiger partial charge in [0.05, 0.1) is 18.6 Å². The van der Waals surface area contributed by atoms with Gasteiger partial charge in [0, 0.05) is 10.6 Å². The van der Waals surface area contributed by atoms with Gasteiger partial charge in [-0.15, -0.1) is 5.10 Å². The minimum absolute atomic E-state index is 0.168. The summed E-state index contributed by atoms with van der Waals surface area (Å²) in [6, 6.07) is 14.7. The number of amides is 1. The normalized spacial score (nSPS) is 10.5. The minimum atomic E-state index is -0.198. The molecule has 0 unspecified atom stereocenters. The molecule has 1 aromatic heterocycles. The first-order chi connectivity index (χ1) is 12.2. The molecule has 0 saturated carbocycles. The molecule has 1 heterocycles. The van der Waals surface area contributed by atoms with E-state index in [0.29, 0.717) is 27.4 Å². The number of halogens is 1. The largest absolute Gasteiger partial charge is 0.495 e. The molecule has 0 radical (unpaired) electrons. The summed E-state index contributed by atoms with van der Waals surface area (Å²) in [6.45, 7) is 0. The highest BCUT2D eigenvalue weighted by Crippen LogP contribution is 2.28. The van der Waals surface area contributed by atoms with Gasteiger partial charge in [0.2, 0.25) is 11.1 Å². The van der Waals surface area contributed by atoms with E-state index < -0.39 is 0 Å². The molecule has 2 aromatic carbocycles. The molecule has 8 heteroatoms. The van der Waals surface area contributed by atoms with Gasteiger partial charge in [-0.3, -0.25) is 9.89 Å². The number of aromatic amines is 1. The molecule has 0 aliphatic heterocycles. The van der Waals surface area contributed by atoms with E-state index in [-0.39, 0.29) is 11.7 Å². The molecule has 0 atom stereocenters. The van der Waals surface area contributed by atoms with E-state index in [1.165, 1.54) is 18.9 Å². The third-order valence-electron chi connectivity index (χ3n) is 3.28. The van der Waals surface area contributed by atoms with E-state index in [2.05, 4.69) is 20.5 Å². The highest BCUT2D eigenvalue weighted by Gasteiger charge is 2.11. The number of carbonyl (C=O) groups excluding carboxylic acids is 1. The van der Waals surface area contributed by atoms with Crippen molar-refractivity contribution in [2.75, 3.05) is 18.2 Å². The van der Waals surface area contributed by atoms with Crippen molar-refractivity contribution in [2.24, 2.45) is 0 Å². The highest BCUT2D eigenvalue weighted by molar-refractivity contribution is 7.99. The van der Waals surface area contributed by atoms with E-state index in [4.69, 9.17) is 16.3 Å². The van der Waals surface area contributed by atoms with Crippen LogP contribution in [-0.2, 0) is 4.79 Å². The van der Waals surface area contributed by atoms with Crippen LogP contribution in [-0.4, -0.2) is 34.0 Å². The summed E-state index contributed by atoms with van der Waals surface area (Å²) in [7, 11) is 1.53. The predicted octanol–water partition coefficient (Wildman–Crippen LogP) is 3.86. The fourth-order valence-electron chi connectivity index (χ4n) is 2.13. The molecule has 3 aromatic rings. The number of hydrogen-bond donors (Lipinski definition) is 2. The van der Waals surface area contributed by atoms with Crippen LogP contribution in [0.3, 0.4) is 0 Å². The van der Waals surface area contributed by atoms with Crippen molar-refractivity contribution in [3.8, 4) is 17.1 Å². The van der Waals surface area contributed by atoms with E-state index in [9.17, 15) is 4.79 Å². The van der Waals surface area contributed by atoms with Crippen molar-refractivity contribution in [1.82, 2.24) is 15.2 Å². The van der Waals surface area contributed by atoms with Gasteiger partial charge in [0.15, 0.2) is 5.82 Å². The van der Waals surface area contributed by atoms with Gasteiger partial charge in [-0.1, -0.05) is 53.7 Å². The topological polar surface area (TPSA) is 79.9 Å². The summed E-state index contributed by atoms with van der Waals surface area (Å²) in [5, 5.41) is 10.8. The zero-order chi connectivity index (χ0) is 17.6. The van der Waals surface area contributed by atoms with Crippen molar-refractivity contribution >= 4 is 35.0 Å². The standard InChI is InChI=1S/C17H15ClN4O2S/c1-24-14-8-7-12(18)9-13(14)19-15(23)10-25-17-20-16(21-22-17)11-5-3-2-4-6-11/h2-9H,10H2,1H3,(H,19,23)(H,20,21,22). The second-order valence-corrected chi connectivity index (χ2v) is 6.39. The molecule has 2 N–H and O–H groups in total. The molecule has 0 spiro atoms. The third-order valence-corrected chi connectivity index (χ3v) is 4.36. The van der Waals surface area contributed by atoms with E-state index in [0.717, 1.165) is 5.56 Å². The number of nitrogens with zero attached hydrogens (tertiary/aromatic N) is 2. The quantitative estimate of drug-likeness (QED) is 0.640. The smallest absolute Gasteiger partial charge is 0.234 e. The zero-order valence-corrected chi connectivity index (χ0v) is 14.9. The Morgan fingerprint density at radius 3 is 2.84 bits per heavy atom. The minimum Gasteiger partial charge on any atom is -0.495 e. The van der Waals surface area contributed by atoms with E-state index in [1.54, 1.807) is 18.2 Å². The van der Waals surface area contributed by atoms with Gasteiger partial charge in [0.1, 0.15) is 5.75 Å². The SMILES string of the molecule is COc1ccc(Cl)cc1NC(=O)CSc1n[nH]c(-c2ccccc2)n1. The molecule has 0 fully saturated rings. The van der Waals surface area contributed by atoms with Gasteiger partial charge in [-0.25, -0.2) is 4.98 Å². The second kappa shape index (κ2) is 8.04. The van der Waals surface area contributed by atoms with Gasteiger partial charge in [-0.2, -0.15) is 0 Å². The van der Waals surface area contributed by atoms with Crippen molar-refractivity contribution in [3.63, 3.8) is 0 Å². The molecular weight excluding hydrogens is 360 g/mol. The van der Waals surface area contributed by atoms with Crippen LogP contribution in [0.1, 0.15) is 0 Å². The zero-order valence-electron chi connectivity index (χ0n) is 13.3. The molecule has 0 aliphatic carbocycles. The van der Waals surface area contributed by atoms with Crippen LogP contribution in [0.4, 0.5) is 5.69 Å². The molecule has 6 nitrogen and oxygen atoms in total.